The van der Waals surface area contributed by atoms with Gasteiger partial charge in [-0.2, -0.15) is 0 Å². The van der Waals surface area contributed by atoms with E-state index in [9.17, 15) is 13.2 Å². The lowest BCUT2D eigenvalue weighted by Gasteiger charge is -2.36. The van der Waals surface area contributed by atoms with Crippen molar-refractivity contribution in [1.29, 1.82) is 0 Å². The number of hydrogen-bond donors (Lipinski definition) is 0. The van der Waals surface area contributed by atoms with E-state index in [2.05, 4.69) is 4.98 Å². The highest BCUT2D eigenvalue weighted by Crippen LogP contribution is 2.22. The number of pyridine rings is 1. The number of piperidine rings is 1. The van der Waals surface area contributed by atoms with Gasteiger partial charge in [-0.1, -0.05) is 6.07 Å². The van der Waals surface area contributed by atoms with E-state index in [1.807, 2.05) is 20.8 Å². The van der Waals surface area contributed by atoms with Gasteiger partial charge in [0.05, 0.1) is 17.2 Å². The van der Waals surface area contributed by atoms with Gasteiger partial charge in [0.2, 0.25) is 0 Å². The van der Waals surface area contributed by atoms with Crippen molar-refractivity contribution in [3.8, 4) is 0 Å². The summed E-state index contributed by atoms with van der Waals surface area (Å²) in [5, 5.41) is 0. The lowest BCUT2D eigenvalue weighted by molar-refractivity contribution is 0.0124. The van der Waals surface area contributed by atoms with Crippen LogP contribution in [0.25, 0.3) is 0 Å². The van der Waals surface area contributed by atoms with Gasteiger partial charge in [-0.05, 0) is 52.2 Å². The minimum absolute atomic E-state index is 0.0528. The predicted octanol–water partition coefficient (Wildman–Crippen LogP) is 2.79. The van der Waals surface area contributed by atoms with Crippen molar-refractivity contribution < 1.29 is 17.9 Å². The van der Waals surface area contributed by atoms with Gasteiger partial charge >= 0.3 is 6.09 Å². The summed E-state index contributed by atoms with van der Waals surface area (Å²) in [5.74, 6) is -0.157. The second kappa shape index (κ2) is 7.51. The Kier molecular flexibility index (Phi) is 5.85. The van der Waals surface area contributed by atoms with E-state index in [1.165, 1.54) is 0 Å². The van der Waals surface area contributed by atoms with Crippen LogP contribution in [0.1, 0.15) is 45.7 Å². The molecule has 0 spiro atoms. The number of hydrogen-bond acceptors (Lipinski definition) is 5. The largest absolute Gasteiger partial charge is 0.444 e. The van der Waals surface area contributed by atoms with Crippen molar-refractivity contribution in [3.05, 3.63) is 30.1 Å². The molecule has 1 fully saturated rings. The third kappa shape index (κ3) is 5.78. The van der Waals surface area contributed by atoms with Crippen LogP contribution in [0.4, 0.5) is 4.79 Å². The Morgan fingerprint density at radius 3 is 2.71 bits per heavy atom. The number of nitrogens with zero attached hydrogens (tertiary/aromatic N) is 2. The molecule has 6 nitrogen and oxygen atoms in total. The van der Waals surface area contributed by atoms with Crippen molar-refractivity contribution in [2.24, 2.45) is 0 Å². The van der Waals surface area contributed by atoms with Crippen LogP contribution in [0.2, 0.25) is 0 Å². The number of sulfone groups is 1. The average Bonchev–Trinajstić information content (AvgIpc) is 2.46. The highest BCUT2D eigenvalue weighted by molar-refractivity contribution is 7.90. The van der Waals surface area contributed by atoms with Gasteiger partial charge in [0, 0.05) is 18.8 Å². The van der Waals surface area contributed by atoms with E-state index in [1.54, 1.807) is 29.3 Å². The summed E-state index contributed by atoms with van der Waals surface area (Å²) in [6, 6.07) is 4.89. The maximum atomic E-state index is 12.5. The van der Waals surface area contributed by atoms with Crippen molar-refractivity contribution in [1.82, 2.24) is 9.88 Å². The van der Waals surface area contributed by atoms with E-state index in [4.69, 9.17) is 4.74 Å². The Morgan fingerprint density at radius 1 is 1.33 bits per heavy atom. The molecule has 1 atom stereocenters. The fourth-order valence-electron chi connectivity index (χ4n) is 2.80. The predicted molar refractivity (Wildman–Crippen MR) is 92.3 cm³/mol. The van der Waals surface area contributed by atoms with Crippen LogP contribution in [0, 0.1) is 0 Å². The number of aromatic nitrogens is 1. The van der Waals surface area contributed by atoms with Crippen LogP contribution in [-0.4, -0.2) is 48.3 Å². The van der Waals surface area contributed by atoms with Crippen LogP contribution in [0.5, 0.6) is 0 Å². The number of likely N-dealkylation sites (tertiary alicyclic amines) is 1. The standard InChI is InChI=1S/C17H26N2O4S/c1-17(2,3)23-16(20)19-11-7-5-9-15(19)13-24(21,22)12-14-8-4-6-10-18-14/h4,6,8,10,15H,5,7,9,11-13H2,1-3H3. The zero-order valence-electron chi connectivity index (χ0n) is 14.6. The zero-order chi connectivity index (χ0) is 17.8. The molecule has 1 unspecified atom stereocenters. The quantitative estimate of drug-likeness (QED) is 0.831. The van der Waals surface area contributed by atoms with Crippen LogP contribution >= 0.6 is 0 Å². The smallest absolute Gasteiger partial charge is 0.410 e. The maximum Gasteiger partial charge on any atom is 0.410 e. The minimum atomic E-state index is -3.36. The molecule has 7 heteroatoms. The summed E-state index contributed by atoms with van der Waals surface area (Å²) in [5.41, 5.74) is -0.0662. The van der Waals surface area contributed by atoms with E-state index in [-0.39, 0.29) is 17.5 Å². The Morgan fingerprint density at radius 2 is 2.08 bits per heavy atom. The summed E-state index contributed by atoms with van der Waals surface area (Å²) >= 11 is 0. The Labute approximate surface area is 144 Å². The normalized spacial score (nSPS) is 19.1. The number of amides is 1. The third-order valence-corrected chi connectivity index (χ3v) is 5.42. The molecule has 1 amide bonds. The highest BCUT2D eigenvalue weighted by Gasteiger charge is 2.33. The molecule has 1 aromatic rings. The van der Waals surface area contributed by atoms with Gasteiger partial charge < -0.3 is 9.64 Å². The molecule has 134 valence electrons. The molecular formula is C17H26N2O4S. The summed E-state index contributed by atoms with van der Waals surface area (Å²) in [6.45, 7) is 5.96. The highest BCUT2D eigenvalue weighted by atomic mass is 32.2. The molecule has 0 aromatic carbocycles. The summed E-state index contributed by atoms with van der Waals surface area (Å²) in [7, 11) is -3.36. The third-order valence-electron chi connectivity index (χ3n) is 3.80. The van der Waals surface area contributed by atoms with Crippen LogP contribution in [0.15, 0.2) is 24.4 Å². The molecule has 0 radical (unpaired) electrons. The van der Waals surface area contributed by atoms with Gasteiger partial charge in [0.25, 0.3) is 0 Å². The zero-order valence-corrected chi connectivity index (χ0v) is 15.4. The first-order valence-corrected chi connectivity index (χ1v) is 10.1. The van der Waals surface area contributed by atoms with Crippen LogP contribution in [-0.2, 0) is 20.3 Å². The van der Waals surface area contributed by atoms with Gasteiger partial charge in [-0.3, -0.25) is 4.98 Å². The number of ether oxygens (including phenoxy) is 1. The first-order valence-electron chi connectivity index (χ1n) is 8.26. The fraction of sp³-hybridized carbons (Fsp3) is 0.647. The minimum Gasteiger partial charge on any atom is -0.444 e. The Hall–Kier alpha value is -1.63. The number of carbonyl (C=O) groups is 1. The second-order valence-electron chi connectivity index (χ2n) is 7.20. The molecule has 0 aliphatic carbocycles. The van der Waals surface area contributed by atoms with Crippen molar-refractivity contribution in [2.75, 3.05) is 12.3 Å². The molecule has 0 N–H and O–H groups in total. The molecule has 1 aromatic heterocycles. The molecule has 2 heterocycles. The number of rotatable bonds is 4. The first-order chi connectivity index (χ1) is 11.2. The molecule has 24 heavy (non-hydrogen) atoms. The monoisotopic (exact) mass is 354 g/mol. The average molecular weight is 354 g/mol. The van der Waals surface area contributed by atoms with E-state index in [0.29, 0.717) is 18.7 Å². The molecule has 1 aliphatic heterocycles. The van der Waals surface area contributed by atoms with Gasteiger partial charge in [-0.25, -0.2) is 13.2 Å². The van der Waals surface area contributed by atoms with Crippen molar-refractivity contribution in [3.63, 3.8) is 0 Å². The Bertz CT molecular complexity index is 653. The van der Waals surface area contributed by atoms with Crippen molar-refractivity contribution in [2.45, 2.75) is 57.4 Å². The van der Waals surface area contributed by atoms with Gasteiger partial charge in [-0.15, -0.1) is 0 Å². The van der Waals surface area contributed by atoms with Crippen LogP contribution < -0.4 is 0 Å². The molecule has 2 rings (SSSR count). The number of carbonyl (C=O) groups excluding carboxylic acids is 1. The summed E-state index contributed by atoms with van der Waals surface area (Å²) in [4.78, 5) is 18.0. The summed E-state index contributed by atoms with van der Waals surface area (Å²) < 4.78 is 30.4. The molecule has 1 aliphatic rings. The van der Waals surface area contributed by atoms with Crippen molar-refractivity contribution >= 4 is 15.9 Å². The molecular weight excluding hydrogens is 328 g/mol. The lowest BCUT2D eigenvalue weighted by atomic mass is 10.0. The summed E-state index contributed by atoms with van der Waals surface area (Å²) in [6.07, 6.45) is 3.62. The molecule has 0 bridgehead atoms. The van der Waals surface area contributed by atoms with Gasteiger partial charge in [0.15, 0.2) is 9.84 Å². The topological polar surface area (TPSA) is 76.6 Å². The SMILES string of the molecule is CC(C)(C)OC(=O)N1CCCCC1CS(=O)(=O)Cc1ccccn1. The van der Waals surface area contributed by atoms with E-state index < -0.39 is 21.5 Å². The fourth-order valence-corrected chi connectivity index (χ4v) is 4.47. The Balaban J connectivity index is 2.06. The molecule has 0 saturated carbocycles. The first kappa shape index (κ1) is 18.7. The van der Waals surface area contributed by atoms with E-state index in [0.717, 1.165) is 12.8 Å². The van der Waals surface area contributed by atoms with E-state index >= 15 is 0 Å². The second-order valence-corrected chi connectivity index (χ2v) is 9.31. The van der Waals surface area contributed by atoms with Crippen LogP contribution in [0.3, 0.4) is 0 Å². The molecule has 1 saturated heterocycles. The lowest BCUT2D eigenvalue weighted by Crippen LogP contribution is -2.49. The maximum absolute atomic E-state index is 12.5. The van der Waals surface area contributed by atoms with Gasteiger partial charge in [0.1, 0.15) is 5.60 Å².